The van der Waals surface area contributed by atoms with E-state index >= 15 is 0 Å². The molecule has 3 fully saturated rings. The number of allylic oxidation sites excluding steroid dienone is 1. The number of ketones is 2. The lowest BCUT2D eigenvalue weighted by molar-refractivity contribution is -0.169. The lowest BCUT2D eigenvalue weighted by Gasteiger charge is -2.58. The molecule has 5 heteroatoms. The number of carbonyl (C=O) groups is 2. The molecule has 4 aliphatic carbocycles. The normalized spacial score (nSPS) is 52.8. The Morgan fingerprint density at radius 3 is 2.46 bits per heavy atom. The molecule has 3 N–H and O–H groups in total. The second-order valence-corrected chi connectivity index (χ2v) is 9.22. The summed E-state index contributed by atoms with van der Waals surface area (Å²) in [4.78, 5) is 25.2. The summed E-state index contributed by atoms with van der Waals surface area (Å²) in [6, 6.07) is 0. The van der Waals surface area contributed by atoms with Gasteiger partial charge in [-0.25, -0.2) is 0 Å². The average Bonchev–Trinajstić information content (AvgIpc) is 2.87. The number of Topliss-reactive ketones (excluding diaryl/α,β-unsaturated/α-hetero) is 2. The van der Waals surface area contributed by atoms with E-state index in [1.165, 1.54) is 6.92 Å². The number of fused-ring (bicyclic) bond motifs is 5. The van der Waals surface area contributed by atoms with E-state index in [0.717, 1.165) is 6.42 Å². The van der Waals surface area contributed by atoms with Crippen molar-refractivity contribution in [2.24, 2.45) is 28.6 Å². The van der Waals surface area contributed by atoms with Crippen LogP contribution < -0.4 is 0 Å². The van der Waals surface area contributed by atoms with Crippen molar-refractivity contribution >= 4 is 11.6 Å². The number of aliphatic hydroxyl groups excluding tert-OH is 2. The minimum Gasteiger partial charge on any atom is -0.385 e. The zero-order valence-electron chi connectivity index (χ0n) is 15.6. The SMILES string of the molecule is CC(=O)[C@@]1(O)CC[C@H]2[C@@H]3[C@H](O)C(=O)C4=C[C@H](O)C=C[C@]4(C)[C@H]3CC[C@@]21C. The molecule has 142 valence electrons. The fourth-order valence-electron chi connectivity index (χ4n) is 6.73. The first-order valence-electron chi connectivity index (χ1n) is 9.62. The molecule has 0 amide bonds. The number of hydrogen-bond acceptors (Lipinski definition) is 5. The van der Waals surface area contributed by atoms with E-state index in [9.17, 15) is 24.9 Å². The molecule has 0 bridgehead atoms. The molecule has 0 heterocycles. The first-order chi connectivity index (χ1) is 12.1. The van der Waals surface area contributed by atoms with Crippen molar-refractivity contribution in [3.63, 3.8) is 0 Å². The molecule has 0 unspecified atom stereocenters. The fraction of sp³-hybridized carbons (Fsp3) is 0.714. The average molecular weight is 360 g/mol. The number of rotatable bonds is 1. The lowest BCUT2D eigenvalue weighted by Crippen LogP contribution is -2.61. The minimum atomic E-state index is -1.37. The molecule has 0 aromatic carbocycles. The van der Waals surface area contributed by atoms with Crippen LogP contribution in [0.2, 0.25) is 0 Å². The van der Waals surface area contributed by atoms with Crippen molar-refractivity contribution in [2.45, 2.75) is 64.3 Å². The van der Waals surface area contributed by atoms with Gasteiger partial charge in [-0.2, -0.15) is 0 Å². The van der Waals surface area contributed by atoms with Gasteiger partial charge in [0.1, 0.15) is 11.7 Å². The molecule has 0 spiro atoms. The topological polar surface area (TPSA) is 94.8 Å². The summed E-state index contributed by atoms with van der Waals surface area (Å²) < 4.78 is 0. The summed E-state index contributed by atoms with van der Waals surface area (Å²) >= 11 is 0. The maximum absolute atomic E-state index is 13.0. The standard InChI is InChI=1S/C21H28O5/c1-11(22)21(26)9-6-14-16-13(5-8-20(14,21)3)19(2)7-4-12(23)10-15(19)17(24)18(16)25/h4,7,10,12-14,16,18,23,25-26H,5-6,8-9H2,1-3H3/t12-,13+,14+,16-,18+,19-,20+,21+/m1/s1. The van der Waals surface area contributed by atoms with Gasteiger partial charge in [0.25, 0.3) is 0 Å². The third-order valence-corrected chi connectivity index (χ3v) is 8.29. The molecule has 4 aliphatic rings. The molecule has 5 nitrogen and oxygen atoms in total. The van der Waals surface area contributed by atoms with Gasteiger partial charge >= 0.3 is 0 Å². The van der Waals surface area contributed by atoms with Crippen LogP contribution in [0, 0.1) is 28.6 Å². The molecule has 8 atom stereocenters. The van der Waals surface area contributed by atoms with Crippen LogP contribution >= 0.6 is 0 Å². The molecule has 0 aromatic rings. The van der Waals surface area contributed by atoms with Crippen LogP contribution in [0.1, 0.15) is 46.5 Å². The second kappa shape index (κ2) is 5.37. The first-order valence-corrected chi connectivity index (χ1v) is 9.62. The van der Waals surface area contributed by atoms with Crippen molar-refractivity contribution in [1.82, 2.24) is 0 Å². The van der Waals surface area contributed by atoms with Gasteiger partial charge in [-0.3, -0.25) is 9.59 Å². The number of carbonyl (C=O) groups excluding carboxylic acids is 2. The van der Waals surface area contributed by atoms with Crippen LogP contribution in [0.15, 0.2) is 23.8 Å². The molecule has 3 saturated carbocycles. The minimum absolute atomic E-state index is 0.0533. The predicted octanol–water partition coefficient (Wildman–Crippen LogP) is 1.56. The summed E-state index contributed by atoms with van der Waals surface area (Å²) in [6.07, 6.45) is 5.70. The summed E-state index contributed by atoms with van der Waals surface area (Å²) in [6.45, 7) is 5.40. The van der Waals surface area contributed by atoms with Crippen molar-refractivity contribution < 1.29 is 24.9 Å². The van der Waals surface area contributed by atoms with Gasteiger partial charge in [0, 0.05) is 16.4 Å². The van der Waals surface area contributed by atoms with E-state index in [1.54, 1.807) is 12.2 Å². The van der Waals surface area contributed by atoms with E-state index in [1.807, 2.05) is 19.9 Å². The van der Waals surface area contributed by atoms with Crippen LogP contribution in [0.4, 0.5) is 0 Å². The molecule has 0 aromatic heterocycles. The summed E-state index contributed by atoms with van der Waals surface area (Å²) in [5, 5.41) is 32.0. The van der Waals surface area contributed by atoms with E-state index in [2.05, 4.69) is 0 Å². The highest BCUT2D eigenvalue weighted by molar-refractivity contribution is 6.02. The van der Waals surface area contributed by atoms with Gasteiger partial charge < -0.3 is 15.3 Å². The fourth-order valence-corrected chi connectivity index (χ4v) is 6.73. The van der Waals surface area contributed by atoms with Crippen molar-refractivity contribution in [3.8, 4) is 0 Å². The van der Waals surface area contributed by atoms with Crippen LogP contribution in [-0.4, -0.2) is 44.7 Å². The molecule has 26 heavy (non-hydrogen) atoms. The Kier molecular flexibility index (Phi) is 3.73. The molecule has 0 saturated heterocycles. The monoisotopic (exact) mass is 360 g/mol. The van der Waals surface area contributed by atoms with E-state index < -0.39 is 28.6 Å². The van der Waals surface area contributed by atoms with Gasteiger partial charge in [0.15, 0.2) is 11.6 Å². The molecule has 4 rings (SSSR count). The van der Waals surface area contributed by atoms with Gasteiger partial charge in [0.2, 0.25) is 0 Å². The largest absolute Gasteiger partial charge is 0.385 e. The third-order valence-electron chi connectivity index (χ3n) is 8.29. The van der Waals surface area contributed by atoms with E-state index in [-0.39, 0.29) is 29.3 Å². The van der Waals surface area contributed by atoms with Crippen molar-refractivity contribution in [2.75, 3.05) is 0 Å². The highest BCUT2D eigenvalue weighted by atomic mass is 16.3. The highest BCUT2D eigenvalue weighted by Crippen LogP contribution is 2.66. The first kappa shape index (κ1) is 18.1. The highest BCUT2D eigenvalue weighted by Gasteiger charge is 2.68. The molecular formula is C21H28O5. The van der Waals surface area contributed by atoms with Gasteiger partial charge in [-0.15, -0.1) is 0 Å². The Bertz CT molecular complexity index is 739. The van der Waals surface area contributed by atoms with Crippen molar-refractivity contribution in [1.29, 1.82) is 0 Å². The van der Waals surface area contributed by atoms with E-state index in [0.29, 0.717) is 24.8 Å². The number of hydrogen-bond donors (Lipinski definition) is 3. The zero-order chi connectivity index (χ0) is 19.1. The molecule has 0 radical (unpaired) electrons. The molecular weight excluding hydrogens is 332 g/mol. The van der Waals surface area contributed by atoms with Gasteiger partial charge in [-0.1, -0.05) is 26.0 Å². The Balaban J connectivity index is 1.80. The Morgan fingerprint density at radius 1 is 1.15 bits per heavy atom. The maximum atomic E-state index is 13.0. The Morgan fingerprint density at radius 2 is 1.81 bits per heavy atom. The van der Waals surface area contributed by atoms with E-state index in [4.69, 9.17) is 0 Å². The van der Waals surface area contributed by atoms with Gasteiger partial charge in [0.05, 0.1) is 6.10 Å². The van der Waals surface area contributed by atoms with Crippen LogP contribution in [0.25, 0.3) is 0 Å². The van der Waals surface area contributed by atoms with Gasteiger partial charge in [-0.05, 0) is 56.4 Å². The summed E-state index contributed by atoms with van der Waals surface area (Å²) in [5.74, 6) is -0.841. The lowest BCUT2D eigenvalue weighted by atomic mass is 9.46. The Hall–Kier alpha value is -1.30. The van der Waals surface area contributed by atoms with Crippen LogP contribution in [0.3, 0.4) is 0 Å². The maximum Gasteiger partial charge on any atom is 0.188 e. The predicted molar refractivity (Wildman–Crippen MR) is 95.0 cm³/mol. The quantitative estimate of drug-likeness (QED) is 0.617. The summed E-state index contributed by atoms with van der Waals surface area (Å²) in [7, 11) is 0. The second-order valence-electron chi connectivity index (χ2n) is 9.22. The van der Waals surface area contributed by atoms with Crippen LogP contribution in [0.5, 0.6) is 0 Å². The Labute approximate surface area is 153 Å². The summed E-state index contributed by atoms with van der Waals surface area (Å²) in [5.41, 5.74) is -2.00. The van der Waals surface area contributed by atoms with Crippen molar-refractivity contribution in [3.05, 3.63) is 23.8 Å². The number of aliphatic hydroxyl groups is 3. The zero-order valence-corrected chi connectivity index (χ0v) is 15.6. The molecule has 0 aliphatic heterocycles. The van der Waals surface area contributed by atoms with Crippen LogP contribution in [-0.2, 0) is 9.59 Å². The third kappa shape index (κ3) is 1.97. The smallest absolute Gasteiger partial charge is 0.188 e.